The van der Waals surface area contributed by atoms with E-state index in [1.165, 1.54) is 0 Å². The van der Waals surface area contributed by atoms with E-state index >= 15 is 0 Å². The zero-order valence-corrected chi connectivity index (χ0v) is 19.8. The van der Waals surface area contributed by atoms with Gasteiger partial charge in [0.1, 0.15) is 0 Å². The number of aromatic nitrogens is 2. The van der Waals surface area contributed by atoms with Crippen LogP contribution in [0.5, 0.6) is 0 Å². The SMILES string of the molecule is Cc1ccc(C(=O)O)cc1-n1c(C)cc([C@H]2[C@H](c3ccccn3)NC(=S)N2CCCO)c1C. The number of benzene rings is 1. The van der Waals surface area contributed by atoms with Crippen LogP contribution in [0.3, 0.4) is 0 Å². The summed E-state index contributed by atoms with van der Waals surface area (Å²) in [5, 5.41) is 23.0. The van der Waals surface area contributed by atoms with Crippen molar-refractivity contribution >= 4 is 23.3 Å². The van der Waals surface area contributed by atoms with E-state index in [1.54, 1.807) is 18.3 Å². The number of thiocarbonyl (C=S) groups is 1. The lowest BCUT2D eigenvalue weighted by atomic mass is 9.96. The number of aromatic carboxylic acids is 1. The highest BCUT2D eigenvalue weighted by molar-refractivity contribution is 7.80. The minimum atomic E-state index is -0.949. The average Bonchev–Trinajstić information content (AvgIpc) is 3.28. The highest BCUT2D eigenvalue weighted by Crippen LogP contribution is 2.41. The number of aryl methyl sites for hydroxylation is 2. The van der Waals surface area contributed by atoms with Gasteiger partial charge in [-0.3, -0.25) is 4.98 Å². The van der Waals surface area contributed by atoms with Crippen LogP contribution in [0.4, 0.5) is 0 Å². The fourth-order valence-electron chi connectivity index (χ4n) is 4.67. The first-order valence-corrected chi connectivity index (χ1v) is 11.4. The van der Waals surface area contributed by atoms with Crippen LogP contribution in [0.15, 0.2) is 48.7 Å². The highest BCUT2D eigenvalue weighted by Gasteiger charge is 2.41. The minimum Gasteiger partial charge on any atom is -0.478 e. The van der Waals surface area contributed by atoms with Crippen LogP contribution in [-0.4, -0.2) is 48.9 Å². The predicted molar refractivity (Wildman–Crippen MR) is 131 cm³/mol. The van der Waals surface area contributed by atoms with Gasteiger partial charge < -0.3 is 25.0 Å². The fraction of sp³-hybridized carbons (Fsp3) is 0.320. The molecule has 33 heavy (non-hydrogen) atoms. The number of aliphatic hydroxyl groups excluding tert-OH is 1. The summed E-state index contributed by atoms with van der Waals surface area (Å²) in [6.45, 7) is 6.76. The van der Waals surface area contributed by atoms with E-state index in [0.717, 1.165) is 33.9 Å². The van der Waals surface area contributed by atoms with E-state index in [4.69, 9.17) is 12.2 Å². The van der Waals surface area contributed by atoms with Crippen LogP contribution in [0.2, 0.25) is 0 Å². The molecule has 1 aliphatic rings. The molecule has 0 radical (unpaired) electrons. The molecule has 2 atom stereocenters. The van der Waals surface area contributed by atoms with Crippen molar-refractivity contribution in [1.29, 1.82) is 0 Å². The lowest BCUT2D eigenvalue weighted by Gasteiger charge is -2.28. The van der Waals surface area contributed by atoms with Crippen LogP contribution in [0, 0.1) is 20.8 Å². The van der Waals surface area contributed by atoms with Gasteiger partial charge in [0.05, 0.1) is 23.3 Å². The van der Waals surface area contributed by atoms with Gasteiger partial charge in [-0.1, -0.05) is 12.1 Å². The third-order valence-electron chi connectivity index (χ3n) is 6.24. The average molecular weight is 465 g/mol. The molecule has 0 saturated carbocycles. The second-order valence-corrected chi connectivity index (χ2v) is 8.75. The molecule has 2 aromatic heterocycles. The van der Waals surface area contributed by atoms with Crippen molar-refractivity contribution in [1.82, 2.24) is 19.8 Å². The molecule has 0 bridgehead atoms. The number of nitrogens with zero attached hydrogens (tertiary/aromatic N) is 3. The molecule has 3 heterocycles. The lowest BCUT2D eigenvalue weighted by molar-refractivity contribution is 0.0697. The predicted octanol–water partition coefficient (Wildman–Crippen LogP) is 3.85. The van der Waals surface area contributed by atoms with Crippen molar-refractivity contribution in [3.05, 3.63) is 82.4 Å². The van der Waals surface area contributed by atoms with Crippen LogP contribution >= 0.6 is 12.2 Å². The molecule has 4 rings (SSSR count). The van der Waals surface area contributed by atoms with Gasteiger partial charge in [0.2, 0.25) is 0 Å². The molecule has 8 heteroatoms. The summed E-state index contributed by atoms with van der Waals surface area (Å²) in [6, 6.07) is 12.9. The number of carbonyl (C=O) groups is 1. The lowest BCUT2D eigenvalue weighted by Crippen LogP contribution is -2.31. The summed E-state index contributed by atoms with van der Waals surface area (Å²) in [5.74, 6) is -0.949. The van der Waals surface area contributed by atoms with Crippen molar-refractivity contribution in [2.75, 3.05) is 13.2 Å². The molecule has 3 N–H and O–H groups in total. The molecule has 1 aliphatic heterocycles. The first-order valence-electron chi connectivity index (χ1n) is 11.0. The van der Waals surface area contributed by atoms with E-state index in [9.17, 15) is 15.0 Å². The Labute approximate surface area is 198 Å². The molecule has 172 valence electrons. The van der Waals surface area contributed by atoms with E-state index in [1.807, 2.05) is 38.1 Å². The highest BCUT2D eigenvalue weighted by atomic mass is 32.1. The Morgan fingerprint density at radius 1 is 1.18 bits per heavy atom. The summed E-state index contributed by atoms with van der Waals surface area (Å²) in [7, 11) is 0. The number of rotatable bonds is 7. The third kappa shape index (κ3) is 4.24. The Morgan fingerprint density at radius 2 is 1.97 bits per heavy atom. The number of hydrogen-bond donors (Lipinski definition) is 3. The van der Waals surface area contributed by atoms with Gasteiger partial charge in [0.25, 0.3) is 0 Å². The van der Waals surface area contributed by atoms with Gasteiger partial charge >= 0.3 is 5.97 Å². The maximum Gasteiger partial charge on any atom is 0.335 e. The van der Waals surface area contributed by atoms with Crippen molar-refractivity contribution in [2.45, 2.75) is 39.3 Å². The molecule has 7 nitrogen and oxygen atoms in total. The van der Waals surface area contributed by atoms with Crippen LogP contribution < -0.4 is 5.32 Å². The van der Waals surface area contributed by atoms with E-state index in [-0.39, 0.29) is 24.3 Å². The summed E-state index contributed by atoms with van der Waals surface area (Å²) in [6.07, 6.45) is 2.38. The second kappa shape index (κ2) is 9.33. The minimum absolute atomic E-state index is 0.0836. The summed E-state index contributed by atoms with van der Waals surface area (Å²) in [5.41, 5.74) is 6.10. The molecule has 3 aromatic rings. The number of nitrogens with one attached hydrogen (secondary N) is 1. The maximum atomic E-state index is 11.6. The molecule has 0 amide bonds. The maximum absolute atomic E-state index is 11.6. The molecular weight excluding hydrogens is 436 g/mol. The largest absolute Gasteiger partial charge is 0.478 e. The van der Waals surface area contributed by atoms with E-state index < -0.39 is 5.97 Å². The van der Waals surface area contributed by atoms with Gasteiger partial charge in [0.15, 0.2) is 5.11 Å². The molecule has 1 aromatic carbocycles. The Balaban J connectivity index is 1.85. The van der Waals surface area contributed by atoms with Gasteiger partial charge in [-0.15, -0.1) is 0 Å². The van der Waals surface area contributed by atoms with Crippen molar-refractivity contribution in [2.24, 2.45) is 0 Å². The number of hydrogen-bond acceptors (Lipinski definition) is 4. The van der Waals surface area contributed by atoms with Crippen molar-refractivity contribution in [3.63, 3.8) is 0 Å². The number of pyridine rings is 1. The quantitative estimate of drug-likeness (QED) is 0.458. The molecule has 0 aliphatic carbocycles. The van der Waals surface area contributed by atoms with Gasteiger partial charge in [-0.05, 0) is 80.9 Å². The molecule has 1 saturated heterocycles. The Bertz CT molecular complexity index is 1190. The zero-order valence-electron chi connectivity index (χ0n) is 18.9. The first-order chi connectivity index (χ1) is 15.8. The Morgan fingerprint density at radius 3 is 2.64 bits per heavy atom. The molecule has 1 fully saturated rings. The normalized spacial score (nSPS) is 17.9. The summed E-state index contributed by atoms with van der Waals surface area (Å²) in [4.78, 5) is 18.3. The third-order valence-corrected chi connectivity index (χ3v) is 6.59. The smallest absolute Gasteiger partial charge is 0.335 e. The Hall–Kier alpha value is -3.23. The number of carboxylic acids is 1. The second-order valence-electron chi connectivity index (χ2n) is 8.37. The van der Waals surface area contributed by atoms with Gasteiger partial charge in [-0.25, -0.2) is 4.79 Å². The molecule has 0 unspecified atom stereocenters. The first kappa shape index (κ1) is 22.9. The van der Waals surface area contributed by atoms with Gasteiger partial charge in [-0.2, -0.15) is 0 Å². The topological polar surface area (TPSA) is 90.6 Å². The standard InChI is InChI=1S/C25H28N4O3S/c1-15-8-9-18(24(31)32)14-21(15)29-16(2)13-19(17(29)3)23-22(20-7-4-5-10-26-20)27-25(33)28(23)11-6-12-30/h4-5,7-10,13-14,22-23,30H,6,11-12H2,1-3H3,(H,27,33)(H,31,32)/t22-,23-/m0/s1. The molecular formula is C25H28N4O3S. The van der Waals surface area contributed by atoms with Crippen LogP contribution in [-0.2, 0) is 0 Å². The van der Waals surface area contributed by atoms with Crippen molar-refractivity contribution in [3.8, 4) is 5.69 Å². The Kier molecular flexibility index (Phi) is 6.49. The summed E-state index contributed by atoms with van der Waals surface area (Å²) < 4.78 is 2.11. The molecule has 0 spiro atoms. The van der Waals surface area contributed by atoms with Crippen molar-refractivity contribution < 1.29 is 15.0 Å². The van der Waals surface area contributed by atoms with E-state index in [2.05, 4.69) is 32.8 Å². The number of aliphatic hydroxyl groups is 1. The van der Waals surface area contributed by atoms with Crippen LogP contribution in [0.1, 0.15) is 57.1 Å². The van der Waals surface area contributed by atoms with E-state index in [0.29, 0.717) is 18.1 Å². The van der Waals surface area contributed by atoms with Gasteiger partial charge in [0, 0.05) is 36.4 Å². The monoisotopic (exact) mass is 464 g/mol. The van der Waals surface area contributed by atoms with Crippen LogP contribution in [0.25, 0.3) is 5.69 Å². The zero-order chi connectivity index (χ0) is 23.7. The summed E-state index contributed by atoms with van der Waals surface area (Å²) >= 11 is 5.68. The fourth-order valence-corrected chi connectivity index (χ4v) is 5.00. The number of carboxylic acid groups (broad SMARTS) is 1.